The number of hydrogen-bond acceptors (Lipinski definition) is 6. The Morgan fingerprint density at radius 2 is 2.12 bits per heavy atom. The van der Waals surface area contributed by atoms with E-state index in [2.05, 4.69) is 22.1 Å². The molecule has 0 amide bonds. The van der Waals surface area contributed by atoms with E-state index in [1.165, 1.54) is 6.08 Å². The molecule has 1 aliphatic rings. The van der Waals surface area contributed by atoms with Crippen LogP contribution >= 0.6 is 0 Å². The van der Waals surface area contributed by atoms with Crippen molar-refractivity contribution in [2.24, 2.45) is 5.10 Å². The van der Waals surface area contributed by atoms with E-state index in [0.29, 0.717) is 18.7 Å². The number of hydrogen-bond donors (Lipinski definition) is 3. The van der Waals surface area contributed by atoms with Gasteiger partial charge in [0.25, 0.3) is 5.56 Å². The molecule has 0 radical (unpaired) electrons. The Morgan fingerprint density at radius 1 is 1.38 bits per heavy atom. The highest BCUT2D eigenvalue weighted by molar-refractivity contribution is 6.03. The van der Waals surface area contributed by atoms with Crippen molar-refractivity contribution in [3.8, 4) is 11.6 Å². The fourth-order valence-corrected chi connectivity index (χ4v) is 2.87. The predicted molar refractivity (Wildman–Crippen MR) is 97.8 cm³/mol. The van der Waals surface area contributed by atoms with Gasteiger partial charge < -0.3 is 15.3 Å². The molecule has 0 saturated heterocycles. The van der Waals surface area contributed by atoms with Crippen molar-refractivity contribution in [1.82, 2.24) is 15.0 Å². The Kier molecular flexibility index (Phi) is 4.92. The molecule has 3 rings (SSSR count). The summed E-state index contributed by atoms with van der Waals surface area (Å²) in [6.07, 6.45) is 1.86. The average molecular weight is 356 g/mol. The monoisotopic (exact) mass is 356 g/mol. The number of aromatic amines is 1. The molecule has 2 heterocycles. The molecule has 0 aliphatic carbocycles. The van der Waals surface area contributed by atoms with E-state index in [1.807, 2.05) is 31.2 Å². The summed E-state index contributed by atoms with van der Waals surface area (Å²) < 4.78 is 6.46. The largest absolute Gasteiger partial charge is 0.494 e. The van der Waals surface area contributed by atoms with Crippen LogP contribution in [-0.2, 0) is 6.54 Å². The molecule has 0 bridgehead atoms. The summed E-state index contributed by atoms with van der Waals surface area (Å²) >= 11 is 0. The van der Waals surface area contributed by atoms with Gasteiger partial charge in [0.15, 0.2) is 0 Å². The first-order valence-electron chi connectivity index (χ1n) is 8.27. The number of nitrogens with one attached hydrogen (secondary N) is 2. The maximum absolute atomic E-state index is 12.2. The molecule has 2 aromatic rings. The van der Waals surface area contributed by atoms with Gasteiger partial charge in [-0.05, 0) is 24.6 Å². The third kappa shape index (κ3) is 3.26. The highest BCUT2D eigenvalue weighted by atomic mass is 16.5. The molecule has 1 aromatic heterocycles. The van der Waals surface area contributed by atoms with Gasteiger partial charge in [-0.1, -0.05) is 18.2 Å². The summed E-state index contributed by atoms with van der Waals surface area (Å²) in [4.78, 5) is 26.2. The molecule has 136 valence electrons. The Morgan fingerprint density at radius 3 is 2.77 bits per heavy atom. The van der Waals surface area contributed by atoms with E-state index in [0.717, 1.165) is 15.9 Å². The van der Waals surface area contributed by atoms with E-state index < -0.39 is 17.1 Å². The number of ether oxygens (including phenoxy) is 1. The van der Waals surface area contributed by atoms with Gasteiger partial charge >= 0.3 is 5.69 Å². The van der Waals surface area contributed by atoms with Crippen LogP contribution in [0.4, 0.5) is 0 Å². The number of aromatic hydroxyl groups is 1. The van der Waals surface area contributed by atoms with Crippen LogP contribution in [0.15, 0.2) is 51.6 Å². The van der Waals surface area contributed by atoms with Gasteiger partial charge in [-0.15, -0.1) is 6.58 Å². The molecule has 0 fully saturated rings. The third-order valence-corrected chi connectivity index (χ3v) is 4.12. The molecule has 1 aliphatic heterocycles. The lowest BCUT2D eigenvalue weighted by molar-refractivity contribution is 0.340. The van der Waals surface area contributed by atoms with Crippen LogP contribution in [-0.4, -0.2) is 27.0 Å². The molecule has 0 saturated carbocycles. The quantitative estimate of drug-likeness (QED) is 0.675. The van der Waals surface area contributed by atoms with Crippen molar-refractivity contribution in [3.05, 3.63) is 68.9 Å². The Labute approximate surface area is 149 Å². The van der Waals surface area contributed by atoms with Crippen molar-refractivity contribution in [2.75, 3.05) is 6.61 Å². The van der Waals surface area contributed by atoms with E-state index >= 15 is 0 Å². The van der Waals surface area contributed by atoms with E-state index in [9.17, 15) is 14.7 Å². The lowest BCUT2D eigenvalue weighted by atomic mass is 10.00. The van der Waals surface area contributed by atoms with Crippen molar-refractivity contribution >= 4 is 5.71 Å². The van der Waals surface area contributed by atoms with Gasteiger partial charge in [0.2, 0.25) is 5.88 Å². The molecule has 3 N–H and O–H groups in total. The standard InChI is InChI=1S/C18H20N4O4/c1-3-9-22-17(24)15(16(23)19-18(22)25)14-10-13(20-21-14)11-5-7-12(8-6-11)26-4-2/h3,5-8,13,20,24H,1,4,9-10H2,2H3,(H,19,23,25)/t13-/m0/s1. The van der Waals surface area contributed by atoms with Crippen LogP contribution in [0.2, 0.25) is 0 Å². The maximum Gasteiger partial charge on any atom is 0.331 e. The van der Waals surface area contributed by atoms with E-state index in [1.54, 1.807) is 0 Å². The highest BCUT2D eigenvalue weighted by Gasteiger charge is 2.27. The molecular formula is C18H20N4O4. The van der Waals surface area contributed by atoms with E-state index in [-0.39, 0.29) is 18.2 Å². The van der Waals surface area contributed by atoms with Crippen molar-refractivity contribution < 1.29 is 9.84 Å². The fourth-order valence-electron chi connectivity index (χ4n) is 2.87. The predicted octanol–water partition coefficient (Wildman–Crippen LogP) is 1.27. The van der Waals surface area contributed by atoms with Gasteiger partial charge in [-0.2, -0.15) is 5.10 Å². The van der Waals surface area contributed by atoms with Gasteiger partial charge in [0, 0.05) is 13.0 Å². The van der Waals surface area contributed by atoms with Crippen LogP contribution in [0.5, 0.6) is 11.6 Å². The number of allylic oxidation sites excluding steroid dienone is 1. The highest BCUT2D eigenvalue weighted by Crippen LogP contribution is 2.27. The molecular weight excluding hydrogens is 336 g/mol. The summed E-state index contributed by atoms with van der Waals surface area (Å²) in [5, 5.41) is 14.6. The van der Waals surface area contributed by atoms with Crippen LogP contribution in [0.1, 0.15) is 30.5 Å². The summed E-state index contributed by atoms with van der Waals surface area (Å²) in [6, 6.07) is 7.44. The van der Waals surface area contributed by atoms with Crippen LogP contribution < -0.4 is 21.4 Å². The van der Waals surface area contributed by atoms with Crippen LogP contribution in [0, 0.1) is 0 Å². The minimum atomic E-state index is -0.689. The zero-order chi connectivity index (χ0) is 18.7. The minimum absolute atomic E-state index is 0.00705. The van der Waals surface area contributed by atoms with Crippen LogP contribution in [0.3, 0.4) is 0 Å². The summed E-state index contributed by atoms with van der Waals surface area (Å²) in [5.41, 5.74) is 2.97. The molecule has 1 atom stereocenters. The smallest absolute Gasteiger partial charge is 0.331 e. The summed E-state index contributed by atoms with van der Waals surface area (Å²) in [5.74, 6) is 0.368. The first kappa shape index (κ1) is 17.5. The van der Waals surface area contributed by atoms with E-state index in [4.69, 9.17) is 4.74 Å². The number of benzene rings is 1. The first-order valence-corrected chi connectivity index (χ1v) is 8.27. The number of aromatic nitrogens is 2. The Bertz CT molecular complexity index is 957. The number of H-pyrrole nitrogens is 1. The third-order valence-electron chi connectivity index (χ3n) is 4.12. The average Bonchev–Trinajstić information content (AvgIpc) is 3.09. The van der Waals surface area contributed by atoms with Gasteiger partial charge in [-0.25, -0.2) is 4.79 Å². The fraction of sp³-hybridized carbons (Fsp3) is 0.278. The zero-order valence-electron chi connectivity index (χ0n) is 14.4. The van der Waals surface area contributed by atoms with Crippen LogP contribution in [0.25, 0.3) is 0 Å². The Balaban J connectivity index is 1.87. The number of rotatable bonds is 6. The van der Waals surface area contributed by atoms with Gasteiger partial charge in [-0.3, -0.25) is 14.3 Å². The molecule has 0 unspecified atom stereocenters. The lowest BCUT2D eigenvalue weighted by Gasteiger charge is -2.12. The maximum atomic E-state index is 12.2. The second kappa shape index (κ2) is 7.30. The minimum Gasteiger partial charge on any atom is -0.494 e. The summed E-state index contributed by atoms with van der Waals surface area (Å²) in [6.45, 7) is 6.14. The van der Waals surface area contributed by atoms with Gasteiger partial charge in [0.05, 0.1) is 18.4 Å². The second-order valence-corrected chi connectivity index (χ2v) is 5.80. The first-order chi connectivity index (χ1) is 12.5. The lowest BCUT2D eigenvalue weighted by Crippen LogP contribution is -2.33. The topological polar surface area (TPSA) is 109 Å². The molecule has 26 heavy (non-hydrogen) atoms. The summed E-state index contributed by atoms with van der Waals surface area (Å²) in [7, 11) is 0. The number of nitrogens with zero attached hydrogens (tertiary/aromatic N) is 2. The molecule has 8 nitrogen and oxygen atoms in total. The molecule has 8 heteroatoms. The molecule has 0 spiro atoms. The second-order valence-electron chi connectivity index (χ2n) is 5.80. The van der Waals surface area contributed by atoms with Crippen molar-refractivity contribution in [3.63, 3.8) is 0 Å². The Hall–Kier alpha value is -3.29. The van der Waals surface area contributed by atoms with Crippen molar-refractivity contribution in [2.45, 2.75) is 25.9 Å². The number of hydrazone groups is 1. The zero-order valence-corrected chi connectivity index (χ0v) is 14.4. The van der Waals surface area contributed by atoms with Crippen molar-refractivity contribution in [1.29, 1.82) is 0 Å². The molecule has 1 aromatic carbocycles. The van der Waals surface area contributed by atoms with Gasteiger partial charge in [0.1, 0.15) is 11.3 Å². The normalized spacial score (nSPS) is 16.0. The SMILES string of the molecule is C=CCn1c(O)c(C2=NN[C@H](c3ccc(OCC)cc3)C2)c(=O)[nH]c1=O.